The molecule has 0 saturated carbocycles. The van der Waals surface area contributed by atoms with Gasteiger partial charge in [0.25, 0.3) is 5.91 Å². The Balaban J connectivity index is 2.19. The molecule has 0 spiro atoms. The van der Waals surface area contributed by atoms with Crippen molar-refractivity contribution in [3.8, 4) is 0 Å². The van der Waals surface area contributed by atoms with Crippen LogP contribution in [0.4, 0.5) is 10.1 Å². The van der Waals surface area contributed by atoms with Gasteiger partial charge in [-0.3, -0.25) is 9.89 Å². The van der Waals surface area contributed by atoms with E-state index >= 15 is 0 Å². The van der Waals surface area contributed by atoms with Crippen LogP contribution in [0.2, 0.25) is 0 Å². The fraction of sp³-hybridized carbons (Fsp3) is 0.167. The Morgan fingerprint density at radius 3 is 2.80 bits per heavy atom. The van der Waals surface area contributed by atoms with E-state index in [2.05, 4.69) is 20.5 Å². The van der Waals surface area contributed by atoms with Gasteiger partial charge in [-0.05, 0) is 18.2 Å². The molecule has 2 rings (SSSR count). The van der Waals surface area contributed by atoms with Gasteiger partial charge in [0, 0.05) is 12.1 Å². The number of nitrogens with one attached hydrogen (secondary N) is 2. The van der Waals surface area contributed by atoms with Gasteiger partial charge >= 0.3 is 5.97 Å². The van der Waals surface area contributed by atoms with Crippen molar-refractivity contribution >= 4 is 17.6 Å². The summed E-state index contributed by atoms with van der Waals surface area (Å²) in [5.41, 5.74) is -0.372. The molecule has 3 N–H and O–H groups in total. The Morgan fingerprint density at radius 2 is 2.20 bits per heavy atom. The number of benzene rings is 1. The minimum atomic E-state index is -1.41. The number of carboxylic acids is 1. The number of aromatic amines is 1. The maximum absolute atomic E-state index is 13.2. The predicted molar refractivity (Wildman–Crippen MR) is 67.1 cm³/mol. The second-order valence-electron chi connectivity index (χ2n) is 3.91. The van der Waals surface area contributed by atoms with Crippen molar-refractivity contribution in [2.75, 3.05) is 5.32 Å². The molecule has 0 unspecified atom stereocenters. The van der Waals surface area contributed by atoms with Crippen molar-refractivity contribution in [1.82, 2.24) is 15.2 Å². The number of H-pyrrole nitrogens is 1. The number of aryl methyl sites for hydroxylation is 1. The zero-order valence-electron chi connectivity index (χ0n) is 10.5. The van der Waals surface area contributed by atoms with Crippen molar-refractivity contribution in [3.05, 3.63) is 41.2 Å². The Kier molecular flexibility index (Phi) is 3.74. The number of hydrogen-bond donors (Lipinski definition) is 3. The Labute approximate surface area is 112 Å². The molecule has 0 aliphatic carbocycles. The van der Waals surface area contributed by atoms with Crippen molar-refractivity contribution in [3.63, 3.8) is 0 Å². The van der Waals surface area contributed by atoms with Gasteiger partial charge in [-0.2, -0.15) is 0 Å². The number of hydrogen-bond acceptors (Lipinski definition) is 4. The lowest BCUT2D eigenvalue weighted by Gasteiger charge is -2.04. The second-order valence-corrected chi connectivity index (χ2v) is 3.91. The first-order valence-electron chi connectivity index (χ1n) is 5.76. The van der Waals surface area contributed by atoms with Gasteiger partial charge in [0.2, 0.25) is 5.82 Å². The zero-order valence-corrected chi connectivity index (χ0v) is 10.5. The van der Waals surface area contributed by atoms with Gasteiger partial charge in [0.15, 0.2) is 0 Å². The number of carbonyl (C=O) groups is 2. The van der Waals surface area contributed by atoms with Gasteiger partial charge < -0.3 is 10.4 Å². The SMILES string of the molecule is CCc1nc(C(=O)Nc2ccc(F)c(C(=O)O)c2)n[nH]1. The molecule has 104 valence electrons. The third kappa shape index (κ3) is 2.79. The van der Waals surface area contributed by atoms with Gasteiger partial charge in [0.1, 0.15) is 11.6 Å². The van der Waals surface area contributed by atoms with Crippen molar-refractivity contribution in [2.24, 2.45) is 0 Å². The molecule has 0 aliphatic heterocycles. The van der Waals surface area contributed by atoms with Crippen LogP contribution >= 0.6 is 0 Å². The average molecular weight is 278 g/mol. The third-order valence-electron chi connectivity index (χ3n) is 2.52. The molecule has 2 aromatic rings. The zero-order chi connectivity index (χ0) is 14.7. The van der Waals surface area contributed by atoms with Gasteiger partial charge in [0.05, 0.1) is 5.56 Å². The smallest absolute Gasteiger partial charge is 0.338 e. The van der Waals surface area contributed by atoms with Crippen molar-refractivity contribution < 1.29 is 19.1 Å². The van der Waals surface area contributed by atoms with Crippen LogP contribution in [0.3, 0.4) is 0 Å². The lowest BCUT2D eigenvalue weighted by molar-refractivity contribution is 0.0691. The molecule has 1 aromatic heterocycles. The first kappa shape index (κ1) is 13.7. The van der Waals surface area contributed by atoms with Gasteiger partial charge in [-0.1, -0.05) is 6.92 Å². The summed E-state index contributed by atoms with van der Waals surface area (Å²) in [6, 6.07) is 3.25. The van der Waals surface area contributed by atoms with E-state index in [-0.39, 0.29) is 11.5 Å². The van der Waals surface area contributed by atoms with E-state index in [0.717, 1.165) is 12.1 Å². The number of carboxylic acid groups (broad SMARTS) is 1. The maximum atomic E-state index is 13.2. The summed E-state index contributed by atoms with van der Waals surface area (Å²) in [5.74, 6) is -2.40. The molecular formula is C12H11FN4O3. The summed E-state index contributed by atoms with van der Waals surface area (Å²) in [5, 5.41) is 17.5. The maximum Gasteiger partial charge on any atom is 0.338 e. The molecule has 8 heteroatoms. The van der Waals surface area contributed by atoms with E-state index in [1.165, 1.54) is 6.07 Å². The van der Waals surface area contributed by atoms with Gasteiger partial charge in [-0.15, -0.1) is 5.10 Å². The minimum absolute atomic E-state index is 0.0666. The van der Waals surface area contributed by atoms with Crippen LogP contribution in [-0.2, 0) is 6.42 Å². The molecule has 0 atom stereocenters. The standard InChI is InChI=1S/C12H11FN4O3/c1-2-9-15-10(17-16-9)11(18)14-6-3-4-8(13)7(5-6)12(19)20/h3-5H,2H2,1H3,(H,14,18)(H,19,20)(H,15,16,17). The molecule has 0 radical (unpaired) electrons. The summed E-state index contributed by atoms with van der Waals surface area (Å²) in [4.78, 5) is 26.5. The number of carbonyl (C=O) groups excluding carboxylic acids is 1. The monoisotopic (exact) mass is 278 g/mol. The third-order valence-corrected chi connectivity index (χ3v) is 2.52. The number of nitrogens with zero attached hydrogens (tertiary/aromatic N) is 2. The highest BCUT2D eigenvalue weighted by molar-refractivity contribution is 6.02. The summed E-state index contributed by atoms with van der Waals surface area (Å²) in [6.07, 6.45) is 0.597. The van der Waals surface area contributed by atoms with E-state index < -0.39 is 23.3 Å². The molecule has 1 aromatic carbocycles. The van der Waals surface area contributed by atoms with E-state index in [1.807, 2.05) is 6.92 Å². The van der Waals surface area contributed by atoms with E-state index in [4.69, 9.17) is 5.11 Å². The molecule has 1 heterocycles. The highest BCUT2D eigenvalue weighted by Crippen LogP contribution is 2.15. The Bertz CT molecular complexity index is 668. The predicted octanol–water partition coefficient (Wildman–Crippen LogP) is 1.46. The normalized spacial score (nSPS) is 10.3. The molecule has 20 heavy (non-hydrogen) atoms. The summed E-state index contributed by atoms with van der Waals surface area (Å²) in [7, 11) is 0. The average Bonchev–Trinajstić information content (AvgIpc) is 2.89. The molecule has 0 bridgehead atoms. The van der Waals surface area contributed by atoms with Gasteiger partial charge in [-0.25, -0.2) is 14.2 Å². The largest absolute Gasteiger partial charge is 0.478 e. The first-order valence-corrected chi connectivity index (χ1v) is 5.76. The van der Waals surface area contributed by atoms with Crippen LogP contribution in [0, 0.1) is 5.82 Å². The fourth-order valence-corrected chi connectivity index (χ4v) is 1.51. The quantitative estimate of drug-likeness (QED) is 0.784. The number of rotatable bonds is 4. The molecule has 1 amide bonds. The molecule has 0 saturated heterocycles. The molecule has 7 nitrogen and oxygen atoms in total. The molecule has 0 fully saturated rings. The second kappa shape index (κ2) is 5.47. The van der Waals surface area contributed by atoms with Crippen LogP contribution < -0.4 is 5.32 Å². The fourth-order valence-electron chi connectivity index (χ4n) is 1.51. The Morgan fingerprint density at radius 1 is 1.45 bits per heavy atom. The van der Waals surface area contributed by atoms with Crippen LogP contribution in [0.1, 0.15) is 33.7 Å². The minimum Gasteiger partial charge on any atom is -0.478 e. The highest BCUT2D eigenvalue weighted by atomic mass is 19.1. The highest BCUT2D eigenvalue weighted by Gasteiger charge is 2.15. The lowest BCUT2D eigenvalue weighted by Crippen LogP contribution is -2.14. The number of aromatic nitrogens is 3. The topological polar surface area (TPSA) is 108 Å². The molecular weight excluding hydrogens is 267 g/mol. The summed E-state index contributed by atoms with van der Waals surface area (Å²) < 4.78 is 13.2. The summed E-state index contributed by atoms with van der Waals surface area (Å²) in [6.45, 7) is 1.85. The van der Waals surface area contributed by atoms with Crippen molar-refractivity contribution in [2.45, 2.75) is 13.3 Å². The van der Waals surface area contributed by atoms with E-state index in [0.29, 0.717) is 12.2 Å². The number of anilines is 1. The number of halogens is 1. The van der Waals surface area contributed by atoms with E-state index in [9.17, 15) is 14.0 Å². The number of aromatic carboxylic acids is 1. The van der Waals surface area contributed by atoms with Crippen LogP contribution in [0.5, 0.6) is 0 Å². The number of amides is 1. The van der Waals surface area contributed by atoms with Crippen LogP contribution in [0.25, 0.3) is 0 Å². The van der Waals surface area contributed by atoms with Crippen molar-refractivity contribution in [1.29, 1.82) is 0 Å². The van der Waals surface area contributed by atoms with Crippen LogP contribution in [-0.4, -0.2) is 32.2 Å². The summed E-state index contributed by atoms with van der Waals surface area (Å²) >= 11 is 0. The molecule has 0 aliphatic rings. The van der Waals surface area contributed by atoms with E-state index in [1.54, 1.807) is 0 Å². The lowest BCUT2D eigenvalue weighted by atomic mass is 10.2. The van der Waals surface area contributed by atoms with Crippen LogP contribution in [0.15, 0.2) is 18.2 Å². The Hall–Kier alpha value is -2.77. The first-order chi connectivity index (χ1) is 9.51.